The zero-order chi connectivity index (χ0) is 20.8. The maximum atomic E-state index is 12.9. The second-order valence-electron chi connectivity index (χ2n) is 6.25. The largest absolute Gasteiger partial charge is 0.465 e. The van der Waals surface area contributed by atoms with E-state index in [1.807, 2.05) is 60.7 Å². The summed E-state index contributed by atoms with van der Waals surface area (Å²) in [6.45, 7) is 1.56. The highest BCUT2D eigenvalue weighted by Gasteiger charge is 2.24. The molecule has 3 aromatic rings. The van der Waals surface area contributed by atoms with Crippen molar-refractivity contribution in [2.24, 2.45) is 7.05 Å². The molecule has 0 aliphatic heterocycles. The molecule has 0 spiro atoms. The molecule has 0 aliphatic carbocycles. The molecule has 0 saturated heterocycles. The summed E-state index contributed by atoms with van der Waals surface area (Å²) in [4.78, 5) is 37.5. The van der Waals surface area contributed by atoms with Crippen LogP contribution >= 0.6 is 0 Å². The van der Waals surface area contributed by atoms with Crippen LogP contribution in [0, 0.1) is 0 Å². The van der Waals surface area contributed by atoms with Gasteiger partial charge in [0.2, 0.25) is 0 Å². The van der Waals surface area contributed by atoms with Crippen molar-refractivity contribution >= 4 is 11.9 Å². The van der Waals surface area contributed by atoms with Gasteiger partial charge in [0.25, 0.3) is 11.5 Å². The van der Waals surface area contributed by atoms with Crippen LogP contribution in [0.25, 0.3) is 22.4 Å². The lowest BCUT2D eigenvalue weighted by Crippen LogP contribution is -2.37. The van der Waals surface area contributed by atoms with Gasteiger partial charge in [0.15, 0.2) is 0 Å². The van der Waals surface area contributed by atoms with Gasteiger partial charge in [0.1, 0.15) is 12.1 Å². The molecule has 148 valence electrons. The zero-order valence-corrected chi connectivity index (χ0v) is 16.2. The van der Waals surface area contributed by atoms with E-state index in [4.69, 9.17) is 4.74 Å². The molecular weight excluding hydrogens is 370 g/mol. The first kappa shape index (κ1) is 20.0. The fraction of sp³-hybridized carbons (Fsp3) is 0.182. The maximum absolute atomic E-state index is 12.9. The third-order valence-corrected chi connectivity index (χ3v) is 4.28. The van der Waals surface area contributed by atoms with Crippen LogP contribution in [0.2, 0.25) is 0 Å². The molecule has 3 rings (SSSR count). The summed E-state index contributed by atoms with van der Waals surface area (Å²) in [7, 11) is 1.49. The molecule has 29 heavy (non-hydrogen) atoms. The minimum Gasteiger partial charge on any atom is -0.465 e. The van der Waals surface area contributed by atoms with Crippen molar-refractivity contribution < 1.29 is 14.3 Å². The van der Waals surface area contributed by atoms with Crippen molar-refractivity contribution in [2.75, 3.05) is 13.2 Å². The SMILES string of the molecule is CCOC(=O)CNC(=O)c1c(-c2ccccc2)c(-c2ccccc2)nn(C)c1=O. The lowest BCUT2D eigenvalue weighted by atomic mass is 9.95. The standard InChI is InChI=1S/C22H21N3O4/c1-3-29-17(26)14-23-21(27)19-18(15-10-6-4-7-11-15)20(24-25(2)22(19)28)16-12-8-5-9-13-16/h4-13H,3,14H2,1-2H3,(H,23,27). The fourth-order valence-electron chi connectivity index (χ4n) is 2.98. The quantitative estimate of drug-likeness (QED) is 0.652. The summed E-state index contributed by atoms with van der Waals surface area (Å²) in [5.74, 6) is -1.23. The maximum Gasteiger partial charge on any atom is 0.325 e. The predicted octanol–water partition coefficient (Wildman–Crippen LogP) is 2.41. The Hall–Kier alpha value is -3.74. The lowest BCUT2D eigenvalue weighted by Gasteiger charge is -2.15. The summed E-state index contributed by atoms with van der Waals surface area (Å²) < 4.78 is 5.97. The zero-order valence-electron chi connectivity index (χ0n) is 16.2. The van der Waals surface area contributed by atoms with E-state index in [2.05, 4.69) is 10.4 Å². The molecule has 0 atom stereocenters. The highest BCUT2D eigenvalue weighted by Crippen LogP contribution is 2.31. The molecule has 0 aliphatic rings. The Morgan fingerprint density at radius 3 is 2.17 bits per heavy atom. The van der Waals surface area contributed by atoms with Crippen LogP contribution in [-0.2, 0) is 16.6 Å². The highest BCUT2D eigenvalue weighted by atomic mass is 16.5. The van der Waals surface area contributed by atoms with Crippen molar-refractivity contribution in [2.45, 2.75) is 6.92 Å². The molecule has 0 radical (unpaired) electrons. The molecular formula is C22H21N3O4. The van der Waals surface area contributed by atoms with E-state index in [9.17, 15) is 14.4 Å². The molecule has 0 fully saturated rings. The number of nitrogens with one attached hydrogen (secondary N) is 1. The van der Waals surface area contributed by atoms with Gasteiger partial charge in [0, 0.05) is 18.2 Å². The third-order valence-electron chi connectivity index (χ3n) is 4.28. The molecule has 0 unspecified atom stereocenters. The Morgan fingerprint density at radius 1 is 1.00 bits per heavy atom. The first-order chi connectivity index (χ1) is 14.0. The predicted molar refractivity (Wildman–Crippen MR) is 109 cm³/mol. The molecule has 0 saturated carbocycles. The molecule has 2 aromatic carbocycles. The number of nitrogens with zero attached hydrogens (tertiary/aromatic N) is 2. The van der Waals surface area contributed by atoms with E-state index in [1.54, 1.807) is 6.92 Å². The molecule has 1 N–H and O–H groups in total. The summed E-state index contributed by atoms with van der Waals surface area (Å²) in [5.41, 5.74) is 1.74. The van der Waals surface area contributed by atoms with E-state index in [1.165, 1.54) is 7.05 Å². The average molecular weight is 391 g/mol. The van der Waals surface area contributed by atoms with Gasteiger partial charge in [0.05, 0.1) is 12.3 Å². The number of aromatic nitrogens is 2. The van der Waals surface area contributed by atoms with Crippen LogP contribution in [0.1, 0.15) is 17.3 Å². The van der Waals surface area contributed by atoms with Crippen LogP contribution in [0.5, 0.6) is 0 Å². The van der Waals surface area contributed by atoms with Crippen molar-refractivity contribution in [3.63, 3.8) is 0 Å². The number of ether oxygens (including phenoxy) is 1. The average Bonchev–Trinajstić information content (AvgIpc) is 2.75. The smallest absolute Gasteiger partial charge is 0.325 e. The number of carbonyl (C=O) groups excluding carboxylic acids is 2. The summed E-state index contributed by atoms with van der Waals surface area (Å²) in [6.07, 6.45) is 0. The van der Waals surface area contributed by atoms with Gasteiger partial charge < -0.3 is 10.1 Å². The van der Waals surface area contributed by atoms with Gasteiger partial charge in [-0.05, 0) is 12.5 Å². The van der Waals surface area contributed by atoms with Gasteiger partial charge in [-0.2, -0.15) is 5.10 Å². The Labute approximate surface area is 168 Å². The number of hydrogen-bond donors (Lipinski definition) is 1. The normalized spacial score (nSPS) is 10.4. The van der Waals surface area contributed by atoms with Crippen LogP contribution in [0.4, 0.5) is 0 Å². The monoisotopic (exact) mass is 391 g/mol. The molecule has 1 amide bonds. The Balaban J connectivity index is 2.19. The van der Waals surface area contributed by atoms with E-state index in [0.29, 0.717) is 16.8 Å². The second kappa shape index (κ2) is 8.97. The Kier molecular flexibility index (Phi) is 6.19. The van der Waals surface area contributed by atoms with Gasteiger partial charge in [-0.25, -0.2) is 4.68 Å². The first-order valence-corrected chi connectivity index (χ1v) is 9.19. The first-order valence-electron chi connectivity index (χ1n) is 9.19. The van der Waals surface area contributed by atoms with Crippen molar-refractivity contribution in [3.8, 4) is 22.4 Å². The van der Waals surface area contributed by atoms with Crippen molar-refractivity contribution in [3.05, 3.63) is 76.6 Å². The minimum atomic E-state index is -0.655. The van der Waals surface area contributed by atoms with Gasteiger partial charge in [-0.1, -0.05) is 60.7 Å². The number of hydrogen-bond acceptors (Lipinski definition) is 5. The van der Waals surface area contributed by atoms with Gasteiger partial charge in [-0.3, -0.25) is 14.4 Å². The number of esters is 1. The summed E-state index contributed by atoms with van der Waals surface area (Å²) >= 11 is 0. The number of amides is 1. The topological polar surface area (TPSA) is 90.3 Å². The molecule has 1 aromatic heterocycles. The van der Waals surface area contributed by atoms with E-state index in [-0.39, 0.29) is 18.7 Å². The molecule has 7 heteroatoms. The van der Waals surface area contributed by atoms with E-state index in [0.717, 1.165) is 10.2 Å². The van der Waals surface area contributed by atoms with E-state index < -0.39 is 17.4 Å². The number of aryl methyl sites for hydroxylation is 1. The number of carbonyl (C=O) groups is 2. The van der Waals surface area contributed by atoms with Gasteiger partial charge in [-0.15, -0.1) is 0 Å². The Morgan fingerprint density at radius 2 is 1.59 bits per heavy atom. The van der Waals surface area contributed by atoms with Gasteiger partial charge >= 0.3 is 5.97 Å². The molecule has 1 heterocycles. The minimum absolute atomic E-state index is 0.0724. The summed E-state index contributed by atoms with van der Waals surface area (Å²) in [6, 6.07) is 18.4. The number of benzene rings is 2. The highest BCUT2D eigenvalue weighted by molar-refractivity contribution is 6.04. The second-order valence-corrected chi connectivity index (χ2v) is 6.25. The number of rotatable bonds is 6. The third kappa shape index (κ3) is 4.40. The molecule has 0 bridgehead atoms. The molecule has 7 nitrogen and oxygen atoms in total. The lowest BCUT2D eigenvalue weighted by molar-refractivity contribution is -0.141. The van der Waals surface area contributed by atoms with Crippen molar-refractivity contribution in [1.82, 2.24) is 15.1 Å². The Bertz CT molecular complexity index is 1080. The fourth-order valence-corrected chi connectivity index (χ4v) is 2.98. The van der Waals surface area contributed by atoms with Crippen molar-refractivity contribution in [1.29, 1.82) is 0 Å². The van der Waals surface area contributed by atoms with Crippen LogP contribution in [-0.4, -0.2) is 34.8 Å². The van der Waals surface area contributed by atoms with Crippen LogP contribution < -0.4 is 10.9 Å². The summed E-state index contributed by atoms with van der Waals surface area (Å²) in [5, 5.41) is 6.91. The van der Waals surface area contributed by atoms with E-state index >= 15 is 0 Å². The van der Waals surface area contributed by atoms with Crippen LogP contribution in [0.3, 0.4) is 0 Å². The van der Waals surface area contributed by atoms with Crippen LogP contribution in [0.15, 0.2) is 65.5 Å².